The molecule has 1 aliphatic rings. The van der Waals surface area contributed by atoms with Gasteiger partial charge in [0, 0.05) is 16.2 Å². The van der Waals surface area contributed by atoms with E-state index in [1.807, 2.05) is 0 Å². The van der Waals surface area contributed by atoms with Crippen LogP contribution in [0.1, 0.15) is 12.5 Å². The predicted octanol–water partition coefficient (Wildman–Crippen LogP) is 3.81. The van der Waals surface area contributed by atoms with Crippen molar-refractivity contribution in [1.29, 1.82) is 0 Å². The molecule has 0 radical (unpaired) electrons. The van der Waals surface area contributed by atoms with E-state index in [4.69, 9.17) is 18.9 Å². The summed E-state index contributed by atoms with van der Waals surface area (Å²) in [5.41, 5.74) is 1.29. The Bertz CT molecular complexity index is 908. The summed E-state index contributed by atoms with van der Waals surface area (Å²) in [6.45, 7) is 2.40. The Balaban J connectivity index is 1.60. The van der Waals surface area contributed by atoms with Gasteiger partial charge in [0.15, 0.2) is 17.6 Å². The lowest BCUT2D eigenvalue weighted by molar-refractivity contribution is -0.148. The number of amides is 1. The van der Waals surface area contributed by atoms with Crippen LogP contribution in [0.25, 0.3) is 6.08 Å². The van der Waals surface area contributed by atoms with Crippen molar-refractivity contribution in [1.82, 2.24) is 0 Å². The van der Waals surface area contributed by atoms with Gasteiger partial charge in [-0.25, -0.2) is 4.79 Å². The van der Waals surface area contributed by atoms with Gasteiger partial charge in [0.2, 0.25) is 5.75 Å². The van der Waals surface area contributed by atoms with Gasteiger partial charge in [-0.2, -0.15) is 0 Å². The molecule has 1 amide bonds. The standard InChI is InChI=1S/C21H20BrNO6/c1-13(21(25)23-16-6-4-15(22)5-7-16)29-19(24)8-3-14-11-17(26-2)20-18(12-14)27-9-10-28-20/h3-8,11-13H,9-10H2,1-2H3,(H,23,25)/b8-3-/t13-/m1/s1. The summed E-state index contributed by atoms with van der Waals surface area (Å²) in [7, 11) is 1.53. The first-order valence-corrected chi connectivity index (χ1v) is 9.68. The zero-order valence-electron chi connectivity index (χ0n) is 15.9. The maximum Gasteiger partial charge on any atom is 0.331 e. The monoisotopic (exact) mass is 461 g/mol. The maximum atomic E-state index is 12.2. The fourth-order valence-corrected chi connectivity index (χ4v) is 2.86. The van der Waals surface area contributed by atoms with E-state index in [2.05, 4.69) is 21.2 Å². The number of esters is 1. The first kappa shape index (κ1) is 20.7. The normalized spacial score (nSPS) is 13.6. The molecule has 8 heteroatoms. The minimum Gasteiger partial charge on any atom is -0.493 e. The van der Waals surface area contributed by atoms with Crippen molar-refractivity contribution in [2.24, 2.45) is 0 Å². The van der Waals surface area contributed by atoms with Crippen molar-refractivity contribution >= 4 is 39.6 Å². The third-order valence-corrected chi connectivity index (χ3v) is 4.56. The number of fused-ring (bicyclic) bond motifs is 1. The van der Waals surface area contributed by atoms with Crippen molar-refractivity contribution in [2.75, 3.05) is 25.6 Å². The second kappa shape index (κ2) is 9.47. The molecule has 0 unspecified atom stereocenters. The van der Waals surface area contributed by atoms with Crippen molar-refractivity contribution in [3.63, 3.8) is 0 Å². The third kappa shape index (κ3) is 5.51. The SMILES string of the molecule is COc1cc(/C=C\C(=O)O[C@H](C)C(=O)Nc2ccc(Br)cc2)cc2c1OCCO2. The Morgan fingerprint density at radius 2 is 1.90 bits per heavy atom. The molecule has 1 atom stereocenters. The molecule has 2 aromatic rings. The maximum absolute atomic E-state index is 12.2. The highest BCUT2D eigenvalue weighted by Gasteiger charge is 2.19. The van der Waals surface area contributed by atoms with Crippen LogP contribution in [0.4, 0.5) is 5.69 Å². The number of methoxy groups -OCH3 is 1. The van der Waals surface area contributed by atoms with Crippen LogP contribution in [0, 0.1) is 0 Å². The fraction of sp³-hybridized carbons (Fsp3) is 0.238. The Morgan fingerprint density at radius 1 is 1.17 bits per heavy atom. The molecule has 0 aliphatic carbocycles. The van der Waals surface area contributed by atoms with E-state index in [9.17, 15) is 9.59 Å². The number of carbonyl (C=O) groups excluding carboxylic acids is 2. The zero-order valence-corrected chi connectivity index (χ0v) is 17.5. The van der Waals surface area contributed by atoms with Crippen LogP contribution >= 0.6 is 15.9 Å². The van der Waals surface area contributed by atoms with Crippen LogP contribution in [0.2, 0.25) is 0 Å². The molecule has 0 saturated carbocycles. The number of rotatable bonds is 6. The second-order valence-electron chi connectivity index (χ2n) is 6.16. The smallest absolute Gasteiger partial charge is 0.331 e. The Labute approximate surface area is 176 Å². The molecule has 1 heterocycles. The number of carbonyl (C=O) groups is 2. The van der Waals surface area contributed by atoms with Crippen LogP contribution in [0.5, 0.6) is 17.2 Å². The first-order chi connectivity index (χ1) is 14.0. The van der Waals surface area contributed by atoms with Crippen LogP contribution in [0.15, 0.2) is 46.9 Å². The summed E-state index contributed by atoms with van der Waals surface area (Å²) in [6.07, 6.45) is 1.85. The van der Waals surface area contributed by atoms with E-state index in [0.29, 0.717) is 41.7 Å². The Kier molecular flexibility index (Phi) is 6.77. The molecule has 0 aromatic heterocycles. The van der Waals surface area contributed by atoms with Gasteiger partial charge in [0.05, 0.1) is 7.11 Å². The summed E-state index contributed by atoms with van der Waals surface area (Å²) in [5.74, 6) is 0.535. The van der Waals surface area contributed by atoms with Gasteiger partial charge >= 0.3 is 5.97 Å². The quantitative estimate of drug-likeness (QED) is 0.520. The van der Waals surface area contributed by atoms with Gasteiger partial charge in [-0.05, 0) is 55.0 Å². The highest BCUT2D eigenvalue weighted by Crippen LogP contribution is 2.40. The van der Waals surface area contributed by atoms with Crippen LogP contribution in [-0.4, -0.2) is 38.3 Å². The van der Waals surface area contributed by atoms with Crippen LogP contribution in [0.3, 0.4) is 0 Å². The van der Waals surface area contributed by atoms with Crippen molar-refractivity contribution in [3.8, 4) is 17.2 Å². The summed E-state index contributed by atoms with van der Waals surface area (Å²) < 4.78 is 22.5. The minimum atomic E-state index is -0.953. The molecule has 152 valence electrons. The third-order valence-electron chi connectivity index (χ3n) is 4.04. The minimum absolute atomic E-state index is 0.421. The number of benzene rings is 2. The Hall–Kier alpha value is -3.00. The van der Waals surface area contributed by atoms with Crippen molar-refractivity contribution < 1.29 is 28.5 Å². The lowest BCUT2D eigenvalue weighted by Crippen LogP contribution is -2.29. The van der Waals surface area contributed by atoms with Crippen molar-refractivity contribution in [3.05, 3.63) is 52.5 Å². The van der Waals surface area contributed by atoms with Gasteiger partial charge in [0.25, 0.3) is 5.91 Å². The number of hydrogen-bond acceptors (Lipinski definition) is 6. The van der Waals surface area contributed by atoms with E-state index in [1.165, 1.54) is 20.1 Å². The number of ether oxygens (including phenoxy) is 4. The largest absolute Gasteiger partial charge is 0.493 e. The highest BCUT2D eigenvalue weighted by atomic mass is 79.9. The van der Waals surface area contributed by atoms with Gasteiger partial charge in [-0.3, -0.25) is 4.79 Å². The number of anilines is 1. The highest BCUT2D eigenvalue weighted by molar-refractivity contribution is 9.10. The van der Waals surface area contributed by atoms with E-state index in [-0.39, 0.29) is 0 Å². The summed E-state index contributed by atoms with van der Waals surface area (Å²) in [5, 5.41) is 2.69. The fourth-order valence-electron chi connectivity index (χ4n) is 2.60. The van der Waals surface area contributed by atoms with Gasteiger partial charge in [-0.1, -0.05) is 15.9 Å². The number of halogens is 1. The summed E-state index contributed by atoms with van der Waals surface area (Å²) >= 11 is 3.33. The average Bonchev–Trinajstić information content (AvgIpc) is 2.73. The van der Waals surface area contributed by atoms with Crippen LogP contribution < -0.4 is 19.5 Å². The zero-order chi connectivity index (χ0) is 20.8. The van der Waals surface area contributed by atoms with Crippen LogP contribution in [-0.2, 0) is 14.3 Å². The molecule has 1 N–H and O–H groups in total. The molecular weight excluding hydrogens is 442 g/mol. The van der Waals surface area contributed by atoms with Crippen molar-refractivity contribution in [2.45, 2.75) is 13.0 Å². The molecule has 2 aromatic carbocycles. The summed E-state index contributed by atoms with van der Waals surface area (Å²) in [4.78, 5) is 24.3. The molecule has 0 spiro atoms. The predicted molar refractivity (Wildman–Crippen MR) is 111 cm³/mol. The molecule has 0 bridgehead atoms. The molecule has 0 fully saturated rings. The van der Waals surface area contributed by atoms with E-state index < -0.39 is 18.0 Å². The molecule has 1 aliphatic heterocycles. The molecule has 3 rings (SSSR count). The van der Waals surface area contributed by atoms with Gasteiger partial charge < -0.3 is 24.3 Å². The number of hydrogen-bond donors (Lipinski definition) is 1. The molecular formula is C21H20BrNO6. The lowest BCUT2D eigenvalue weighted by atomic mass is 10.1. The van der Waals surface area contributed by atoms with Gasteiger partial charge in [-0.15, -0.1) is 0 Å². The molecule has 7 nitrogen and oxygen atoms in total. The summed E-state index contributed by atoms with van der Waals surface area (Å²) in [6, 6.07) is 10.6. The van der Waals surface area contributed by atoms with E-state index in [1.54, 1.807) is 42.5 Å². The van der Waals surface area contributed by atoms with E-state index >= 15 is 0 Å². The lowest BCUT2D eigenvalue weighted by Gasteiger charge is -2.20. The topological polar surface area (TPSA) is 83.1 Å². The first-order valence-electron chi connectivity index (χ1n) is 8.89. The van der Waals surface area contributed by atoms with Gasteiger partial charge in [0.1, 0.15) is 13.2 Å². The van der Waals surface area contributed by atoms with E-state index in [0.717, 1.165) is 4.47 Å². The molecule has 0 saturated heterocycles. The molecule has 29 heavy (non-hydrogen) atoms. The second-order valence-corrected chi connectivity index (χ2v) is 7.07. The number of nitrogens with one attached hydrogen (secondary N) is 1. The Morgan fingerprint density at radius 3 is 2.62 bits per heavy atom. The average molecular weight is 462 g/mol.